The molecule has 4 rings (SSSR count). The number of dihydropyridines is 1. The molecule has 0 fully saturated rings. The van der Waals surface area contributed by atoms with Gasteiger partial charge in [-0.05, 0) is 62.4 Å². The van der Waals surface area contributed by atoms with Crippen molar-refractivity contribution in [1.82, 2.24) is 5.32 Å². The third kappa shape index (κ3) is 4.37. The average molecular weight is 479 g/mol. The highest BCUT2D eigenvalue weighted by atomic mass is 35.5. The van der Waals surface area contributed by atoms with E-state index in [1.54, 1.807) is 0 Å². The Balaban J connectivity index is 1.78. The Bertz CT molecular complexity index is 1160. The molecule has 0 radical (unpaired) electrons. The number of benzene rings is 2. The van der Waals surface area contributed by atoms with Crippen LogP contribution < -0.4 is 10.2 Å². The Morgan fingerprint density at radius 1 is 1.09 bits per heavy atom. The topological polar surface area (TPSA) is 58.6 Å². The summed E-state index contributed by atoms with van der Waals surface area (Å²) >= 11 is 6.46. The Hall–Kier alpha value is -3.05. The molecule has 6 heteroatoms. The summed E-state index contributed by atoms with van der Waals surface area (Å²) in [6.45, 7) is 7.94. The van der Waals surface area contributed by atoms with E-state index in [9.17, 15) is 9.59 Å². The second-order valence-electron chi connectivity index (χ2n) is 8.79. The van der Waals surface area contributed by atoms with Gasteiger partial charge in [0.1, 0.15) is 0 Å². The maximum absolute atomic E-state index is 13.6. The number of allylic oxidation sites excluding steroid dienone is 3. The van der Waals surface area contributed by atoms with E-state index >= 15 is 0 Å². The van der Waals surface area contributed by atoms with Gasteiger partial charge in [-0.2, -0.15) is 0 Å². The summed E-state index contributed by atoms with van der Waals surface area (Å²) in [5.74, 6) is -0.861. The maximum atomic E-state index is 13.6. The Kier molecular flexibility index (Phi) is 7.13. The minimum absolute atomic E-state index is 0.00869. The molecule has 178 valence electrons. The monoisotopic (exact) mass is 478 g/mol. The number of nitrogens with zero attached hydrogens (tertiary/aromatic N) is 1. The first kappa shape index (κ1) is 24.1. The van der Waals surface area contributed by atoms with Crippen LogP contribution in [0.5, 0.6) is 0 Å². The largest absolute Gasteiger partial charge is 0.466 e. The molecule has 0 spiro atoms. The van der Waals surface area contributed by atoms with Gasteiger partial charge < -0.3 is 15.0 Å². The summed E-state index contributed by atoms with van der Waals surface area (Å²) in [6, 6.07) is 15.9. The van der Waals surface area contributed by atoms with Gasteiger partial charge in [0.2, 0.25) is 0 Å². The zero-order valence-electron chi connectivity index (χ0n) is 20.2. The van der Waals surface area contributed by atoms with Gasteiger partial charge in [0.05, 0.1) is 12.7 Å². The predicted octanol–water partition coefficient (Wildman–Crippen LogP) is 5.72. The molecule has 2 aromatic rings. The quantitative estimate of drug-likeness (QED) is 0.538. The second kappa shape index (κ2) is 10.1. The SMILES string of the molecule is CCN(CC)c1ccc([C@H]2C(C(=O)OC)=C(C)NC3=C2C(=O)C[C@H](c2ccccc2Cl)C3)cc1. The van der Waals surface area contributed by atoms with Crippen LogP contribution in [0.2, 0.25) is 5.02 Å². The van der Waals surface area contributed by atoms with Gasteiger partial charge in [-0.25, -0.2) is 4.79 Å². The van der Waals surface area contributed by atoms with Gasteiger partial charge in [-0.3, -0.25) is 4.79 Å². The van der Waals surface area contributed by atoms with E-state index in [4.69, 9.17) is 16.3 Å². The minimum Gasteiger partial charge on any atom is -0.466 e. The summed E-state index contributed by atoms with van der Waals surface area (Å²) in [5, 5.41) is 4.04. The average Bonchev–Trinajstić information content (AvgIpc) is 2.84. The molecule has 1 N–H and O–H groups in total. The number of halogens is 1. The van der Waals surface area contributed by atoms with E-state index in [1.807, 2.05) is 43.3 Å². The summed E-state index contributed by atoms with van der Waals surface area (Å²) in [5.41, 5.74) is 5.73. The van der Waals surface area contributed by atoms with Gasteiger partial charge in [0.25, 0.3) is 0 Å². The van der Waals surface area contributed by atoms with Crippen molar-refractivity contribution in [3.8, 4) is 0 Å². The number of Topliss-reactive ketones (excluding diaryl/α,β-unsaturated/α-hetero) is 1. The van der Waals surface area contributed by atoms with Crippen molar-refractivity contribution >= 4 is 29.0 Å². The number of carbonyl (C=O) groups excluding carboxylic acids is 2. The Labute approximate surface area is 206 Å². The standard InChI is InChI=1S/C28H31ClN2O3/c1-5-31(6-2)20-13-11-18(12-14-20)26-25(28(33)34-4)17(3)30-23-15-19(16-24(32)27(23)26)21-9-7-8-10-22(21)29/h7-14,19,26,30H,5-6,15-16H2,1-4H3/t19-,26+/m1/s1. The number of carbonyl (C=O) groups is 2. The van der Waals surface area contributed by atoms with Crippen LogP contribution in [0.4, 0.5) is 5.69 Å². The lowest BCUT2D eigenvalue weighted by Crippen LogP contribution is -2.36. The highest BCUT2D eigenvalue weighted by Crippen LogP contribution is 2.46. The number of esters is 1. The number of ether oxygens (including phenoxy) is 1. The number of rotatable bonds is 6. The molecule has 5 nitrogen and oxygen atoms in total. The highest BCUT2D eigenvalue weighted by molar-refractivity contribution is 6.31. The first-order chi connectivity index (χ1) is 16.4. The van der Waals surface area contributed by atoms with Crippen LogP contribution in [0, 0.1) is 0 Å². The van der Waals surface area contributed by atoms with Crippen molar-refractivity contribution in [3.05, 3.63) is 87.2 Å². The summed E-state index contributed by atoms with van der Waals surface area (Å²) in [7, 11) is 1.38. The molecule has 0 aromatic heterocycles. The van der Waals surface area contributed by atoms with Crippen molar-refractivity contribution in [2.24, 2.45) is 0 Å². The van der Waals surface area contributed by atoms with Gasteiger partial charge in [-0.1, -0.05) is 41.9 Å². The Morgan fingerprint density at radius 3 is 2.38 bits per heavy atom. The first-order valence-electron chi connectivity index (χ1n) is 11.8. The van der Waals surface area contributed by atoms with Crippen LogP contribution in [0.1, 0.15) is 56.6 Å². The smallest absolute Gasteiger partial charge is 0.336 e. The number of nitrogens with one attached hydrogen (secondary N) is 1. The molecule has 34 heavy (non-hydrogen) atoms. The number of anilines is 1. The van der Waals surface area contributed by atoms with E-state index in [1.165, 1.54) is 7.11 Å². The van der Waals surface area contributed by atoms with Crippen molar-refractivity contribution in [2.75, 3.05) is 25.1 Å². The molecule has 1 aliphatic heterocycles. The number of hydrogen-bond donors (Lipinski definition) is 1. The van der Waals surface area contributed by atoms with Crippen molar-refractivity contribution in [2.45, 2.75) is 45.4 Å². The van der Waals surface area contributed by atoms with Gasteiger partial charge in [0.15, 0.2) is 5.78 Å². The first-order valence-corrected chi connectivity index (χ1v) is 12.2. The van der Waals surface area contributed by atoms with Crippen LogP contribution >= 0.6 is 11.6 Å². The second-order valence-corrected chi connectivity index (χ2v) is 9.20. The van der Waals surface area contributed by atoms with Gasteiger partial charge >= 0.3 is 5.97 Å². The van der Waals surface area contributed by atoms with Crippen molar-refractivity contribution in [3.63, 3.8) is 0 Å². The molecular weight excluding hydrogens is 448 g/mol. The van der Waals surface area contributed by atoms with Gasteiger partial charge in [0, 0.05) is 53.1 Å². The third-order valence-electron chi connectivity index (χ3n) is 6.93. The minimum atomic E-state index is -0.464. The molecule has 0 bridgehead atoms. The summed E-state index contributed by atoms with van der Waals surface area (Å²) in [6.07, 6.45) is 1.01. The number of hydrogen-bond acceptors (Lipinski definition) is 5. The predicted molar refractivity (Wildman–Crippen MR) is 136 cm³/mol. The van der Waals surface area contributed by atoms with Gasteiger partial charge in [-0.15, -0.1) is 0 Å². The summed E-state index contributed by atoms with van der Waals surface area (Å²) < 4.78 is 5.13. The number of ketones is 1. The normalized spacial score (nSPS) is 20.1. The van der Waals surface area contributed by atoms with Crippen LogP contribution in [0.15, 0.2) is 71.1 Å². The van der Waals surface area contributed by atoms with Crippen LogP contribution in [-0.2, 0) is 14.3 Å². The van der Waals surface area contributed by atoms with E-state index < -0.39 is 11.9 Å². The fourth-order valence-electron chi connectivity index (χ4n) is 5.25. The Morgan fingerprint density at radius 2 is 1.76 bits per heavy atom. The highest BCUT2D eigenvalue weighted by Gasteiger charge is 2.41. The van der Waals surface area contributed by atoms with Crippen LogP contribution in [-0.4, -0.2) is 32.0 Å². The lowest BCUT2D eigenvalue weighted by Gasteiger charge is -2.37. The zero-order valence-corrected chi connectivity index (χ0v) is 20.9. The van der Waals surface area contributed by atoms with Crippen LogP contribution in [0.3, 0.4) is 0 Å². The molecule has 0 unspecified atom stereocenters. The molecular formula is C28H31ClN2O3. The molecule has 2 aromatic carbocycles. The number of methoxy groups -OCH3 is 1. The zero-order chi connectivity index (χ0) is 24.4. The molecule has 0 saturated carbocycles. The molecule has 2 aliphatic rings. The summed E-state index contributed by atoms with van der Waals surface area (Å²) in [4.78, 5) is 28.7. The van der Waals surface area contributed by atoms with E-state index in [2.05, 4.69) is 36.2 Å². The van der Waals surface area contributed by atoms with Crippen molar-refractivity contribution < 1.29 is 14.3 Å². The molecule has 1 heterocycles. The van der Waals surface area contributed by atoms with Crippen molar-refractivity contribution in [1.29, 1.82) is 0 Å². The maximum Gasteiger partial charge on any atom is 0.336 e. The third-order valence-corrected chi connectivity index (χ3v) is 7.28. The van der Waals surface area contributed by atoms with E-state index in [0.29, 0.717) is 29.0 Å². The molecule has 1 aliphatic carbocycles. The van der Waals surface area contributed by atoms with E-state index in [0.717, 1.165) is 41.3 Å². The lowest BCUT2D eigenvalue weighted by atomic mass is 9.71. The molecule has 2 atom stereocenters. The fraction of sp³-hybridized carbons (Fsp3) is 0.357. The fourth-order valence-corrected chi connectivity index (χ4v) is 5.54. The molecule has 0 saturated heterocycles. The van der Waals surface area contributed by atoms with Crippen LogP contribution in [0.25, 0.3) is 0 Å². The van der Waals surface area contributed by atoms with E-state index in [-0.39, 0.29) is 11.7 Å². The molecule has 0 amide bonds. The lowest BCUT2D eigenvalue weighted by molar-refractivity contribution is -0.136.